The van der Waals surface area contributed by atoms with E-state index in [1.807, 2.05) is 19.1 Å². The minimum absolute atomic E-state index is 0.111. The molecule has 0 heterocycles. The first-order valence-corrected chi connectivity index (χ1v) is 11.2. The summed E-state index contributed by atoms with van der Waals surface area (Å²) in [7, 11) is 0. The average molecular weight is 421 g/mol. The fraction of sp³-hybridized carbons (Fsp3) is 0.500. The Morgan fingerprint density at radius 1 is 1.03 bits per heavy atom. The van der Waals surface area contributed by atoms with Gasteiger partial charge in [-0.3, -0.25) is 0 Å². The van der Waals surface area contributed by atoms with Crippen LogP contribution in [0, 0.1) is 5.82 Å². The van der Waals surface area contributed by atoms with Gasteiger partial charge in [0.15, 0.2) is 11.5 Å². The molecular formula is C24H32ClFNO2+. The zero-order valence-corrected chi connectivity index (χ0v) is 18.0. The molecule has 0 aliphatic heterocycles. The zero-order valence-electron chi connectivity index (χ0n) is 17.3. The summed E-state index contributed by atoms with van der Waals surface area (Å²) in [6.07, 6.45) is 9.33. The highest BCUT2D eigenvalue weighted by molar-refractivity contribution is 6.32. The highest BCUT2D eigenvalue weighted by atomic mass is 35.5. The lowest BCUT2D eigenvalue weighted by Crippen LogP contribution is -2.88. The van der Waals surface area contributed by atoms with Crippen LogP contribution in [0.3, 0.4) is 0 Å². The minimum Gasteiger partial charge on any atom is -0.490 e. The van der Waals surface area contributed by atoms with Gasteiger partial charge in [0.2, 0.25) is 0 Å². The number of rotatable bonds is 8. The van der Waals surface area contributed by atoms with Gasteiger partial charge in [-0.05, 0) is 50.8 Å². The van der Waals surface area contributed by atoms with Crippen LogP contribution in [-0.2, 0) is 13.2 Å². The Morgan fingerprint density at radius 3 is 2.48 bits per heavy atom. The molecule has 3 nitrogen and oxygen atoms in total. The highest BCUT2D eigenvalue weighted by Gasteiger charge is 2.17. The van der Waals surface area contributed by atoms with Crippen molar-refractivity contribution in [2.24, 2.45) is 0 Å². The molecule has 29 heavy (non-hydrogen) atoms. The van der Waals surface area contributed by atoms with Gasteiger partial charge >= 0.3 is 0 Å². The van der Waals surface area contributed by atoms with Crippen molar-refractivity contribution in [1.82, 2.24) is 0 Å². The van der Waals surface area contributed by atoms with Crippen LogP contribution in [0.5, 0.6) is 11.5 Å². The van der Waals surface area contributed by atoms with Crippen LogP contribution in [0.2, 0.25) is 5.02 Å². The van der Waals surface area contributed by atoms with Gasteiger partial charge in [-0.1, -0.05) is 49.1 Å². The van der Waals surface area contributed by atoms with Crippen LogP contribution in [0.4, 0.5) is 4.39 Å². The van der Waals surface area contributed by atoms with Crippen molar-refractivity contribution in [3.05, 3.63) is 58.4 Å². The van der Waals surface area contributed by atoms with Gasteiger partial charge in [0.25, 0.3) is 0 Å². The molecule has 1 aliphatic rings. The topological polar surface area (TPSA) is 35.1 Å². The molecule has 5 heteroatoms. The van der Waals surface area contributed by atoms with E-state index in [1.165, 1.54) is 51.0 Å². The molecule has 1 fully saturated rings. The van der Waals surface area contributed by atoms with Crippen molar-refractivity contribution >= 4 is 11.6 Å². The van der Waals surface area contributed by atoms with E-state index >= 15 is 0 Å². The van der Waals surface area contributed by atoms with Crippen molar-refractivity contribution in [3.63, 3.8) is 0 Å². The SMILES string of the molecule is CCOc1cc(C[NH2+]C2CCCCCCC2)cc(Cl)c1OCc1ccccc1F. The number of hydrogen-bond acceptors (Lipinski definition) is 2. The molecule has 0 atom stereocenters. The smallest absolute Gasteiger partial charge is 0.180 e. The lowest BCUT2D eigenvalue weighted by Gasteiger charge is -2.19. The normalized spacial score (nSPS) is 15.6. The molecule has 1 aliphatic carbocycles. The molecule has 3 rings (SSSR count). The number of nitrogens with two attached hydrogens (primary N) is 1. The van der Waals surface area contributed by atoms with Gasteiger partial charge < -0.3 is 14.8 Å². The summed E-state index contributed by atoms with van der Waals surface area (Å²) >= 11 is 6.53. The Balaban J connectivity index is 1.67. The maximum absolute atomic E-state index is 13.9. The number of quaternary nitrogens is 1. The van der Waals surface area contributed by atoms with Crippen LogP contribution in [0.15, 0.2) is 36.4 Å². The molecule has 158 valence electrons. The van der Waals surface area contributed by atoms with Crippen LogP contribution in [0.1, 0.15) is 63.0 Å². The third kappa shape index (κ3) is 6.61. The minimum atomic E-state index is -0.285. The molecule has 0 saturated heterocycles. The summed E-state index contributed by atoms with van der Waals surface area (Å²) in [4.78, 5) is 0. The van der Waals surface area contributed by atoms with Gasteiger partial charge in [-0.2, -0.15) is 0 Å². The fourth-order valence-electron chi connectivity index (χ4n) is 3.93. The van der Waals surface area contributed by atoms with Gasteiger partial charge in [-0.25, -0.2) is 4.39 Å². The Morgan fingerprint density at radius 2 is 1.76 bits per heavy atom. The molecule has 0 unspecified atom stereocenters. The zero-order chi connectivity index (χ0) is 20.5. The fourth-order valence-corrected chi connectivity index (χ4v) is 4.22. The van der Waals surface area contributed by atoms with Crippen LogP contribution >= 0.6 is 11.6 Å². The predicted octanol–water partition coefficient (Wildman–Crippen LogP) is 5.63. The Kier molecular flexibility index (Phi) is 8.63. The third-order valence-electron chi connectivity index (χ3n) is 5.54. The Bertz CT molecular complexity index is 775. The Hall–Kier alpha value is -1.78. The summed E-state index contributed by atoms with van der Waals surface area (Å²) in [5.74, 6) is 0.816. The second-order valence-electron chi connectivity index (χ2n) is 7.76. The van der Waals surface area contributed by atoms with E-state index in [0.29, 0.717) is 34.7 Å². The van der Waals surface area contributed by atoms with Crippen molar-refractivity contribution in [2.75, 3.05) is 6.61 Å². The van der Waals surface area contributed by atoms with E-state index < -0.39 is 0 Å². The van der Waals surface area contributed by atoms with E-state index in [9.17, 15) is 4.39 Å². The largest absolute Gasteiger partial charge is 0.490 e. The lowest BCUT2D eigenvalue weighted by atomic mass is 9.96. The van der Waals surface area contributed by atoms with E-state index in [2.05, 4.69) is 5.32 Å². The summed E-state index contributed by atoms with van der Waals surface area (Å²) in [5, 5.41) is 2.94. The van der Waals surface area contributed by atoms with E-state index in [0.717, 1.165) is 12.1 Å². The summed E-state index contributed by atoms with van der Waals surface area (Å²) in [5.41, 5.74) is 1.62. The highest BCUT2D eigenvalue weighted by Crippen LogP contribution is 2.37. The number of hydrogen-bond donors (Lipinski definition) is 1. The number of benzene rings is 2. The summed E-state index contributed by atoms with van der Waals surface area (Å²) in [6.45, 7) is 3.43. The number of ether oxygens (including phenoxy) is 2. The maximum Gasteiger partial charge on any atom is 0.180 e. The molecular weight excluding hydrogens is 389 g/mol. The molecule has 0 spiro atoms. The summed E-state index contributed by atoms with van der Waals surface area (Å²) < 4.78 is 25.5. The number of halogens is 2. The molecule has 0 bridgehead atoms. The predicted molar refractivity (Wildman–Crippen MR) is 115 cm³/mol. The van der Waals surface area contributed by atoms with Crippen molar-refractivity contribution in [2.45, 2.75) is 71.1 Å². The molecule has 2 aromatic rings. The van der Waals surface area contributed by atoms with E-state index in [-0.39, 0.29) is 12.4 Å². The van der Waals surface area contributed by atoms with Crippen molar-refractivity contribution < 1.29 is 19.2 Å². The second kappa shape index (κ2) is 11.4. The second-order valence-corrected chi connectivity index (χ2v) is 8.17. The molecule has 0 amide bonds. The van der Waals surface area contributed by atoms with E-state index in [4.69, 9.17) is 21.1 Å². The van der Waals surface area contributed by atoms with Crippen molar-refractivity contribution in [3.8, 4) is 11.5 Å². The molecule has 0 radical (unpaired) electrons. The van der Waals surface area contributed by atoms with Crippen LogP contribution in [0.25, 0.3) is 0 Å². The first-order chi connectivity index (χ1) is 14.2. The van der Waals surface area contributed by atoms with Gasteiger partial charge in [0.05, 0.1) is 17.7 Å². The summed E-state index contributed by atoms with van der Waals surface area (Å²) in [6, 6.07) is 11.2. The monoisotopic (exact) mass is 420 g/mol. The molecule has 0 aromatic heterocycles. The average Bonchev–Trinajstić information content (AvgIpc) is 2.68. The van der Waals surface area contributed by atoms with E-state index in [1.54, 1.807) is 18.2 Å². The van der Waals surface area contributed by atoms with Crippen LogP contribution in [-0.4, -0.2) is 12.6 Å². The van der Waals surface area contributed by atoms with Crippen molar-refractivity contribution in [1.29, 1.82) is 0 Å². The van der Waals surface area contributed by atoms with Gasteiger partial charge in [0.1, 0.15) is 19.0 Å². The Labute approximate surface area is 178 Å². The molecule has 2 aromatic carbocycles. The standard InChI is InChI=1S/C24H31ClFNO2/c1-2-28-23-15-18(16-27-20-11-6-4-3-5-7-12-20)14-21(25)24(23)29-17-19-10-8-9-13-22(19)26/h8-10,13-15,20,27H,2-7,11-12,16-17H2,1H3/p+1. The van der Waals surface area contributed by atoms with Crippen LogP contribution < -0.4 is 14.8 Å². The third-order valence-corrected chi connectivity index (χ3v) is 5.82. The maximum atomic E-state index is 13.9. The molecule has 2 N–H and O–H groups in total. The lowest BCUT2D eigenvalue weighted by molar-refractivity contribution is -0.706. The molecule has 1 saturated carbocycles. The first-order valence-electron chi connectivity index (χ1n) is 10.8. The first kappa shape index (κ1) is 21.9. The quantitative estimate of drug-likeness (QED) is 0.600. The van der Waals surface area contributed by atoms with Gasteiger partial charge in [-0.15, -0.1) is 0 Å². The van der Waals surface area contributed by atoms with Gasteiger partial charge in [0, 0.05) is 11.1 Å².